The number of hydrogen-bond acceptors (Lipinski definition) is 5. The first-order valence-electron chi connectivity index (χ1n) is 7.27. The summed E-state index contributed by atoms with van der Waals surface area (Å²) in [7, 11) is 1.50. The van der Waals surface area contributed by atoms with Crippen molar-refractivity contribution in [2.75, 3.05) is 17.7 Å². The van der Waals surface area contributed by atoms with E-state index in [2.05, 4.69) is 10.6 Å². The van der Waals surface area contributed by atoms with Crippen LogP contribution in [0.4, 0.5) is 11.4 Å². The number of hydrogen-bond donors (Lipinski definition) is 2. The van der Waals surface area contributed by atoms with E-state index in [0.717, 1.165) is 0 Å². The second kappa shape index (κ2) is 6.80. The lowest BCUT2D eigenvalue weighted by molar-refractivity contribution is -0.137. The summed E-state index contributed by atoms with van der Waals surface area (Å²) in [5.74, 6) is 0.0826. The molecule has 0 fully saturated rings. The Balaban J connectivity index is 1.70. The third-order valence-corrected chi connectivity index (χ3v) is 3.77. The Morgan fingerprint density at radius 3 is 2.92 bits per heavy atom. The molecular formula is C17H15ClN2O4. The summed E-state index contributed by atoms with van der Waals surface area (Å²) in [6.07, 6.45) is -0.0805. The Hall–Kier alpha value is -2.73. The Bertz CT molecular complexity index is 794. The molecule has 6 nitrogen and oxygen atoms in total. The normalized spacial score (nSPS) is 15.8. The number of carbonyl (C=O) groups excluding carboxylic acids is 2. The maximum atomic E-state index is 12.3. The summed E-state index contributed by atoms with van der Waals surface area (Å²) in [6, 6.07) is 11.2. The fraction of sp³-hybridized carbons (Fsp3) is 0.176. The number of methoxy groups -OCH3 is 1. The summed E-state index contributed by atoms with van der Waals surface area (Å²) in [5, 5.41) is 6.18. The first-order chi connectivity index (χ1) is 11.6. The number of fused-ring (bicyclic) bond motifs is 1. The summed E-state index contributed by atoms with van der Waals surface area (Å²) in [4.78, 5) is 24.3. The average molecular weight is 347 g/mol. The second-order valence-corrected chi connectivity index (χ2v) is 5.65. The SMILES string of the molecule is COc1ccc(Cl)cc1NC(=O)C[C@@H]1Nc2ccccc2OC1=O. The zero-order valence-electron chi connectivity index (χ0n) is 12.8. The molecule has 0 radical (unpaired) electrons. The van der Waals surface area contributed by atoms with E-state index in [1.165, 1.54) is 7.11 Å². The summed E-state index contributed by atoms with van der Waals surface area (Å²) in [5.41, 5.74) is 1.12. The third kappa shape index (κ3) is 3.44. The second-order valence-electron chi connectivity index (χ2n) is 5.21. The van der Waals surface area contributed by atoms with E-state index in [4.69, 9.17) is 21.1 Å². The lowest BCUT2D eigenvalue weighted by Crippen LogP contribution is -2.39. The number of anilines is 2. The van der Waals surface area contributed by atoms with Gasteiger partial charge in [-0.25, -0.2) is 4.79 Å². The zero-order valence-corrected chi connectivity index (χ0v) is 13.6. The van der Waals surface area contributed by atoms with E-state index in [0.29, 0.717) is 27.9 Å². The van der Waals surface area contributed by atoms with Crippen molar-refractivity contribution in [1.82, 2.24) is 0 Å². The molecule has 0 saturated carbocycles. The Kier molecular flexibility index (Phi) is 4.57. The molecular weight excluding hydrogens is 332 g/mol. The van der Waals surface area contributed by atoms with E-state index in [9.17, 15) is 9.59 Å². The van der Waals surface area contributed by atoms with Crippen LogP contribution < -0.4 is 20.1 Å². The molecule has 0 saturated heterocycles. The molecule has 1 atom stereocenters. The lowest BCUT2D eigenvalue weighted by atomic mass is 10.1. The molecule has 2 N–H and O–H groups in total. The van der Waals surface area contributed by atoms with Gasteiger partial charge in [-0.3, -0.25) is 4.79 Å². The van der Waals surface area contributed by atoms with Gasteiger partial charge in [-0.1, -0.05) is 23.7 Å². The molecule has 1 aliphatic heterocycles. The zero-order chi connectivity index (χ0) is 17.1. The van der Waals surface area contributed by atoms with Crippen LogP contribution in [-0.2, 0) is 9.59 Å². The smallest absolute Gasteiger partial charge is 0.334 e. The molecule has 0 spiro atoms. The van der Waals surface area contributed by atoms with Crippen LogP contribution in [0.15, 0.2) is 42.5 Å². The third-order valence-electron chi connectivity index (χ3n) is 3.54. The van der Waals surface area contributed by atoms with Crippen molar-refractivity contribution in [1.29, 1.82) is 0 Å². The van der Waals surface area contributed by atoms with Crippen LogP contribution in [0.3, 0.4) is 0 Å². The maximum absolute atomic E-state index is 12.3. The van der Waals surface area contributed by atoms with E-state index in [1.54, 1.807) is 36.4 Å². The molecule has 0 unspecified atom stereocenters. The summed E-state index contributed by atoms with van der Waals surface area (Å²) >= 11 is 5.94. The van der Waals surface area contributed by atoms with Crippen molar-refractivity contribution in [2.24, 2.45) is 0 Å². The quantitative estimate of drug-likeness (QED) is 0.657. The van der Waals surface area contributed by atoms with Crippen LogP contribution in [0.1, 0.15) is 6.42 Å². The maximum Gasteiger partial charge on any atom is 0.334 e. The van der Waals surface area contributed by atoms with Crippen LogP contribution >= 0.6 is 11.6 Å². The predicted molar refractivity (Wildman–Crippen MR) is 90.7 cm³/mol. The highest BCUT2D eigenvalue weighted by molar-refractivity contribution is 6.31. The van der Waals surface area contributed by atoms with Gasteiger partial charge < -0.3 is 20.1 Å². The average Bonchev–Trinajstić information content (AvgIpc) is 2.55. The molecule has 1 aliphatic rings. The van der Waals surface area contributed by atoms with Crippen LogP contribution in [0.2, 0.25) is 5.02 Å². The highest BCUT2D eigenvalue weighted by Gasteiger charge is 2.29. The number of para-hydroxylation sites is 2. The van der Waals surface area contributed by atoms with Crippen LogP contribution in [-0.4, -0.2) is 25.0 Å². The molecule has 0 aromatic heterocycles. The molecule has 0 bridgehead atoms. The van der Waals surface area contributed by atoms with Gasteiger partial charge in [0, 0.05) is 5.02 Å². The molecule has 1 amide bonds. The minimum atomic E-state index is -0.759. The van der Waals surface area contributed by atoms with Crippen LogP contribution in [0, 0.1) is 0 Å². The van der Waals surface area contributed by atoms with Gasteiger partial charge in [-0.2, -0.15) is 0 Å². The number of nitrogens with one attached hydrogen (secondary N) is 2. The van der Waals surface area contributed by atoms with Gasteiger partial charge in [0.1, 0.15) is 11.8 Å². The number of benzene rings is 2. The van der Waals surface area contributed by atoms with Crippen molar-refractivity contribution in [2.45, 2.75) is 12.5 Å². The molecule has 2 aromatic rings. The van der Waals surface area contributed by atoms with Gasteiger partial charge in [-0.15, -0.1) is 0 Å². The number of carbonyl (C=O) groups is 2. The Labute approximate surface area is 143 Å². The molecule has 7 heteroatoms. The number of amides is 1. The fourth-order valence-corrected chi connectivity index (χ4v) is 2.57. The van der Waals surface area contributed by atoms with Gasteiger partial charge in [0.25, 0.3) is 0 Å². The summed E-state index contributed by atoms with van der Waals surface area (Å²) in [6.45, 7) is 0. The van der Waals surface area contributed by atoms with Crippen molar-refractivity contribution >= 4 is 34.9 Å². The van der Waals surface area contributed by atoms with Crippen LogP contribution in [0.25, 0.3) is 0 Å². The Morgan fingerprint density at radius 2 is 2.12 bits per heavy atom. The van der Waals surface area contributed by atoms with E-state index >= 15 is 0 Å². The molecule has 1 heterocycles. The van der Waals surface area contributed by atoms with Gasteiger partial charge in [-0.05, 0) is 30.3 Å². The molecule has 3 rings (SSSR count). The lowest BCUT2D eigenvalue weighted by Gasteiger charge is -2.25. The largest absolute Gasteiger partial charge is 0.495 e. The van der Waals surface area contributed by atoms with Crippen molar-refractivity contribution in [3.05, 3.63) is 47.5 Å². The van der Waals surface area contributed by atoms with Gasteiger partial charge >= 0.3 is 5.97 Å². The van der Waals surface area contributed by atoms with Gasteiger partial charge in [0.05, 0.1) is 24.9 Å². The van der Waals surface area contributed by atoms with E-state index in [1.807, 2.05) is 6.07 Å². The highest BCUT2D eigenvalue weighted by Crippen LogP contribution is 2.30. The number of halogens is 1. The highest BCUT2D eigenvalue weighted by atomic mass is 35.5. The topological polar surface area (TPSA) is 76.7 Å². The van der Waals surface area contributed by atoms with Crippen molar-refractivity contribution in [3.63, 3.8) is 0 Å². The standard InChI is InChI=1S/C17H15ClN2O4/c1-23-14-7-6-10(18)8-12(14)20-16(21)9-13-17(22)24-15-5-3-2-4-11(15)19-13/h2-8,13,19H,9H2,1H3,(H,20,21)/t13-/m0/s1. The molecule has 2 aromatic carbocycles. The minimum Gasteiger partial charge on any atom is -0.495 e. The van der Waals surface area contributed by atoms with Crippen molar-refractivity contribution < 1.29 is 19.1 Å². The summed E-state index contributed by atoms with van der Waals surface area (Å²) < 4.78 is 10.4. The predicted octanol–water partition coefficient (Wildman–Crippen LogP) is 3.08. The fourth-order valence-electron chi connectivity index (χ4n) is 2.40. The number of ether oxygens (including phenoxy) is 2. The van der Waals surface area contributed by atoms with Gasteiger partial charge in [0.2, 0.25) is 5.91 Å². The first kappa shape index (κ1) is 16.1. The van der Waals surface area contributed by atoms with E-state index < -0.39 is 12.0 Å². The molecule has 24 heavy (non-hydrogen) atoms. The first-order valence-corrected chi connectivity index (χ1v) is 7.65. The van der Waals surface area contributed by atoms with E-state index in [-0.39, 0.29) is 12.3 Å². The molecule has 124 valence electrons. The van der Waals surface area contributed by atoms with Gasteiger partial charge in [0.15, 0.2) is 5.75 Å². The number of rotatable bonds is 4. The minimum absolute atomic E-state index is 0.0805. The monoisotopic (exact) mass is 346 g/mol. The number of esters is 1. The van der Waals surface area contributed by atoms with Crippen molar-refractivity contribution in [3.8, 4) is 11.5 Å². The van der Waals surface area contributed by atoms with Crippen LogP contribution in [0.5, 0.6) is 11.5 Å². The Morgan fingerprint density at radius 1 is 1.33 bits per heavy atom. The molecule has 0 aliphatic carbocycles.